The predicted molar refractivity (Wildman–Crippen MR) is 137 cm³/mol. The van der Waals surface area contributed by atoms with Gasteiger partial charge in [-0.05, 0) is 69.5 Å². The van der Waals surface area contributed by atoms with Gasteiger partial charge in [0, 0.05) is 30.4 Å². The van der Waals surface area contributed by atoms with Crippen molar-refractivity contribution < 1.29 is 53.8 Å². The molecule has 0 radical (unpaired) electrons. The van der Waals surface area contributed by atoms with Crippen LogP contribution < -0.4 is 9.62 Å². The minimum atomic E-state index is -6.15. The molecule has 7 nitrogen and oxygen atoms in total. The standard InChI is InChI=1S/C27H29F7N2O5S/c1-24(2,3)35-23(38)13-9-20(37)15-19-8-4-16-14-17(25(39,26(29,30)31)27(32,33)34)5-12-22(16)36(19)42(40,41)21-10-6-18(28)7-11-21/h5-7,10-12,14,19,39H,4,8-9,13,15H2,1-3H3,(H,35,38)/t19-/m0/s1. The van der Waals surface area contributed by atoms with Crippen molar-refractivity contribution in [3.63, 3.8) is 0 Å². The SMILES string of the molecule is CC(C)(C)NC(=O)CCC(=O)C[C@@H]1CCc2cc(C(O)(C(F)(F)F)C(F)(F)F)ccc2N1S(=O)(=O)c1ccc(F)cc1. The van der Waals surface area contributed by atoms with E-state index in [4.69, 9.17) is 0 Å². The van der Waals surface area contributed by atoms with Crippen LogP contribution in [0.3, 0.4) is 0 Å². The summed E-state index contributed by atoms with van der Waals surface area (Å²) in [5, 5.41) is 12.5. The van der Waals surface area contributed by atoms with Crippen LogP contribution in [0.15, 0.2) is 47.4 Å². The molecule has 1 atom stereocenters. The topological polar surface area (TPSA) is 104 Å². The fourth-order valence-corrected chi connectivity index (χ4v) is 6.40. The summed E-state index contributed by atoms with van der Waals surface area (Å²) in [6.45, 7) is 5.21. The minimum Gasteiger partial charge on any atom is -0.369 e. The number of hydrogen-bond acceptors (Lipinski definition) is 5. The molecule has 2 aromatic carbocycles. The zero-order valence-corrected chi connectivity index (χ0v) is 23.6. The first-order valence-corrected chi connectivity index (χ1v) is 14.1. The molecule has 0 saturated carbocycles. The van der Waals surface area contributed by atoms with Crippen LogP contribution >= 0.6 is 0 Å². The Kier molecular flexibility index (Phi) is 9.10. The third-order valence-electron chi connectivity index (χ3n) is 6.61. The molecule has 0 unspecified atom stereocenters. The Morgan fingerprint density at radius 1 is 0.952 bits per heavy atom. The van der Waals surface area contributed by atoms with Gasteiger partial charge in [-0.25, -0.2) is 12.8 Å². The summed E-state index contributed by atoms with van der Waals surface area (Å²) >= 11 is 0. The van der Waals surface area contributed by atoms with Gasteiger partial charge in [0.05, 0.1) is 16.6 Å². The molecule has 0 bridgehead atoms. The number of ketones is 1. The second kappa shape index (κ2) is 11.5. The van der Waals surface area contributed by atoms with Crippen LogP contribution in [0.1, 0.15) is 57.6 Å². The zero-order chi connectivity index (χ0) is 31.9. The first kappa shape index (κ1) is 33.3. The number of nitrogens with one attached hydrogen (secondary N) is 1. The van der Waals surface area contributed by atoms with E-state index in [1.807, 2.05) is 0 Å². The van der Waals surface area contributed by atoms with Crippen molar-refractivity contribution in [3.8, 4) is 0 Å². The number of carbonyl (C=O) groups is 2. The highest BCUT2D eigenvalue weighted by Crippen LogP contribution is 2.51. The van der Waals surface area contributed by atoms with Crippen LogP contribution in [0.2, 0.25) is 0 Å². The quantitative estimate of drug-likeness (QED) is 0.387. The highest BCUT2D eigenvalue weighted by atomic mass is 32.2. The van der Waals surface area contributed by atoms with Gasteiger partial charge >= 0.3 is 12.4 Å². The summed E-state index contributed by atoms with van der Waals surface area (Å²) < 4.78 is 123. The number of alkyl halides is 6. The molecule has 1 amide bonds. The number of fused-ring (bicyclic) bond motifs is 1. The highest BCUT2D eigenvalue weighted by molar-refractivity contribution is 7.92. The Morgan fingerprint density at radius 2 is 1.52 bits per heavy atom. The average molecular weight is 627 g/mol. The minimum absolute atomic E-state index is 0.187. The fourth-order valence-electron chi connectivity index (χ4n) is 4.68. The summed E-state index contributed by atoms with van der Waals surface area (Å²) in [5.41, 5.74) is -7.89. The van der Waals surface area contributed by atoms with Gasteiger partial charge in [0.25, 0.3) is 15.6 Å². The molecule has 232 valence electrons. The lowest BCUT2D eigenvalue weighted by Crippen LogP contribution is -2.54. The van der Waals surface area contributed by atoms with E-state index in [1.54, 1.807) is 20.8 Å². The smallest absolute Gasteiger partial charge is 0.369 e. The van der Waals surface area contributed by atoms with E-state index >= 15 is 0 Å². The highest BCUT2D eigenvalue weighted by Gasteiger charge is 2.71. The van der Waals surface area contributed by atoms with Gasteiger partial charge in [0.15, 0.2) is 0 Å². The number of amides is 1. The molecular weight excluding hydrogens is 597 g/mol. The molecule has 2 aromatic rings. The van der Waals surface area contributed by atoms with Crippen molar-refractivity contribution in [2.75, 3.05) is 4.31 Å². The largest absolute Gasteiger partial charge is 0.430 e. The van der Waals surface area contributed by atoms with Crippen LogP contribution in [0.5, 0.6) is 0 Å². The molecular formula is C27H29F7N2O5S. The number of sulfonamides is 1. The predicted octanol–water partition coefficient (Wildman–Crippen LogP) is 5.30. The maximum atomic E-state index is 13.7. The lowest BCUT2D eigenvalue weighted by Gasteiger charge is -2.39. The van der Waals surface area contributed by atoms with Gasteiger partial charge < -0.3 is 10.4 Å². The summed E-state index contributed by atoms with van der Waals surface area (Å²) in [6.07, 6.45) is -13.6. The van der Waals surface area contributed by atoms with E-state index in [0.29, 0.717) is 18.2 Å². The first-order valence-electron chi connectivity index (χ1n) is 12.7. The van der Waals surface area contributed by atoms with Crippen LogP contribution in [0.4, 0.5) is 36.4 Å². The van der Waals surface area contributed by atoms with Gasteiger partial charge in [0.2, 0.25) is 5.91 Å². The molecule has 3 rings (SSSR count). The molecule has 0 spiro atoms. The molecule has 2 N–H and O–H groups in total. The number of anilines is 1. The number of hydrogen-bond donors (Lipinski definition) is 2. The third-order valence-corrected chi connectivity index (χ3v) is 8.49. The second-order valence-corrected chi connectivity index (χ2v) is 12.9. The summed E-state index contributed by atoms with van der Waals surface area (Å²) in [7, 11) is -4.62. The molecule has 0 aromatic heterocycles. The number of aryl methyl sites for hydroxylation is 1. The average Bonchev–Trinajstić information content (AvgIpc) is 2.84. The molecule has 0 aliphatic carbocycles. The Morgan fingerprint density at radius 3 is 2.05 bits per heavy atom. The normalized spacial score (nSPS) is 16.6. The number of nitrogens with zero attached hydrogens (tertiary/aromatic N) is 1. The maximum Gasteiger partial charge on any atom is 0.430 e. The van der Waals surface area contributed by atoms with E-state index < -0.39 is 73.9 Å². The van der Waals surface area contributed by atoms with Crippen LogP contribution in [0.25, 0.3) is 0 Å². The van der Waals surface area contributed by atoms with Crippen molar-refractivity contribution in [1.29, 1.82) is 0 Å². The third kappa shape index (κ3) is 6.88. The van der Waals surface area contributed by atoms with Gasteiger partial charge in [0.1, 0.15) is 11.6 Å². The zero-order valence-electron chi connectivity index (χ0n) is 22.7. The van der Waals surface area contributed by atoms with E-state index in [2.05, 4.69) is 5.32 Å². The van der Waals surface area contributed by atoms with Crippen molar-refractivity contribution in [2.24, 2.45) is 0 Å². The van der Waals surface area contributed by atoms with Gasteiger partial charge in [-0.1, -0.05) is 12.1 Å². The van der Waals surface area contributed by atoms with Crippen molar-refractivity contribution in [2.45, 2.75) is 87.3 Å². The summed E-state index contributed by atoms with van der Waals surface area (Å²) in [6, 6.07) is 3.90. The van der Waals surface area contributed by atoms with E-state index in [1.165, 1.54) is 0 Å². The van der Waals surface area contributed by atoms with Crippen molar-refractivity contribution >= 4 is 27.4 Å². The number of Topliss-reactive ketones (excluding diaryl/α,β-unsaturated/α-hetero) is 1. The Hall–Kier alpha value is -3.20. The molecule has 1 aliphatic rings. The van der Waals surface area contributed by atoms with E-state index in [0.717, 1.165) is 28.6 Å². The lowest BCUT2D eigenvalue weighted by atomic mass is 9.87. The monoisotopic (exact) mass is 626 g/mol. The van der Waals surface area contributed by atoms with Crippen LogP contribution in [-0.4, -0.2) is 49.1 Å². The van der Waals surface area contributed by atoms with Crippen molar-refractivity contribution in [1.82, 2.24) is 5.32 Å². The molecule has 1 aliphatic heterocycles. The number of carbonyl (C=O) groups excluding carboxylic acids is 2. The summed E-state index contributed by atoms with van der Waals surface area (Å²) in [5.74, 6) is -1.70. The van der Waals surface area contributed by atoms with E-state index in [-0.39, 0.29) is 36.9 Å². The molecule has 0 saturated heterocycles. The first-order chi connectivity index (χ1) is 19.1. The fraction of sp³-hybridized carbons (Fsp3) is 0.481. The number of benzene rings is 2. The Balaban J connectivity index is 2.04. The number of halogens is 7. The molecule has 15 heteroatoms. The van der Waals surface area contributed by atoms with E-state index in [9.17, 15) is 53.8 Å². The molecule has 1 heterocycles. The van der Waals surface area contributed by atoms with Gasteiger partial charge in [-0.15, -0.1) is 0 Å². The van der Waals surface area contributed by atoms with Crippen LogP contribution in [0, 0.1) is 5.82 Å². The Bertz CT molecular complexity index is 1420. The molecule has 42 heavy (non-hydrogen) atoms. The number of rotatable bonds is 8. The van der Waals surface area contributed by atoms with Crippen LogP contribution in [-0.2, 0) is 31.6 Å². The van der Waals surface area contributed by atoms with Gasteiger partial charge in [-0.3, -0.25) is 13.9 Å². The van der Waals surface area contributed by atoms with Crippen molar-refractivity contribution in [3.05, 3.63) is 59.4 Å². The second-order valence-electron chi connectivity index (χ2n) is 11.0. The lowest BCUT2D eigenvalue weighted by molar-refractivity contribution is -0.376. The maximum absolute atomic E-state index is 13.7. The van der Waals surface area contributed by atoms with Gasteiger partial charge in [-0.2, -0.15) is 26.3 Å². The Labute approximate surface area is 237 Å². The summed E-state index contributed by atoms with van der Waals surface area (Å²) in [4.78, 5) is 24.5. The molecule has 0 fully saturated rings. The number of aliphatic hydroxyl groups is 1.